The molecule has 0 saturated heterocycles. The zero-order valence-electron chi connectivity index (χ0n) is 9.16. The first-order valence-electron chi connectivity index (χ1n) is 4.68. The average Bonchev–Trinajstić information content (AvgIpc) is 2.15. The number of nitrogen functional groups attached to an aromatic ring is 1. The summed E-state index contributed by atoms with van der Waals surface area (Å²) in [5.74, 6) is 1.14. The van der Waals surface area contributed by atoms with Crippen molar-refractivity contribution < 1.29 is 4.74 Å². The van der Waals surface area contributed by atoms with Crippen LogP contribution in [0.2, 0.25) is 0 Å². The van der Waals surface area contributed by atoms with Crippen LogP contribution in [-0.4, -0.2) is 17.1 Å². The molecule has 0 aliphatic heterocycles. The van der Waals surface area contributed by atoms with E-state index in [1.807, 2.05) is 20.8 Å². The van der Waals surface area contributed by atoms with E-state index >= 15 is 0 Å². The highest BCUT2D eigenvalue weighted by Crippen LogP contribution is 2.25. The number of hydrogen-bond donors (Lipinski definition) is 1. The molecule has 0 aromatic carbocycles. The fraction of sp³-hybridized carbons (Fsp3) is 0.600. The lowest BCUT2D eigenvalue weighted by atomic mass is 10.0. The molecule has 0 fully saturated rings. The highest BCUT2D eigenvalue weighted by molar-refractivity contribution is 5.30. The van der Waals surface area contributed by atoms with Gasteiger partial charge in [0.2, 0.25) is 0 Å². The molecule has 0 bridgehead atoms. The van der Waals surface area contributed by atoms with Gasteiger partial charge in [0.15, 0.2) is 5.82 Å². The Kier molecular flexibility index (Phi) is 3.06. The molecule has 14 heavy (non-hydrogen) atoms. The van der Waals surface area contributed by atoms with Crippen molar-refractivity contribution in [3.63, 3.8) is 0 Å². The summed E-state index contributed by atoms with van der Waals surface area (Å²) in [6, 6.07) is 1.75. The van der Waals surface area contributed by atoms with E-state index in [-0.39, 0.29) is 0 Å². The first-order valence-corrected chi connectivity index (χ1v) is 4.68. The molecule has 0 aliphatic rings. The lowest BCUT2D eigenvalue weighted by Gasteiger charge is -2.25. The van der Waals surface area contributed by atoms with Gasteiger partial charge >= 0.3 is 0 Å². The van der Waals surface area contributed by atoms with E-state index in [1.54, 1.807) is 13.2 Å². The van der Waals surface area contributed by atoms with E-state index < -0.39 is 5.60 Å². The molecule has 1 unspecified atom stereocenters. The number of hydrogen-bond acceptors (Lipinski definition) is 4. The molecule has 2 N–H and O–H groups in total. The van der Waals surface area contributed by atoms with Gasteiger partial charge in [0.25, 0.3) is 0 Å². The lowest BCUT2D eigenvalue weighted by molar-refractivity contribution is -0.00898. The number of aryl methyl sites for hydroxylation is 1. The van der Waals surface area contributed by atoms with Crippen molar-refractivity contribution >= 4 is 5.82 Å². The quantitative estimate of drug-likeness (QED) is 0.796. The van der Waals surface area contributed by atoms with Crippen molar-refractivity contribution in [3.05, 3.63) is 17.6 Å². The number of anilines is 1. The van der Waals surface area contributed by atoms with Gasteiger partial charge in [0, 0.05) is 18.9 Å². The second kappa shape index (κ2) is 3.92. The third-order valence-corrected chi connectivity index (χ3v) is 2.47. The second-order valence-corrected chi connectivity index (χ2v) is 3.55. The highest BCUT2D eigenvalue weighted by Gasteiger charge is 2.27. The molecule has 0 aliphatic carbocycles. The van der Waals surface area contributed by atoms with E-state index in [9.17, 15) is 0 Å². The van der Waals surface area contributed by atoms with Gasteiger partial charge in [0.05, 0.1) is 0 Å². The maximum atomic E-state index is 5.66. The van der Waals surface area contributed by atoms with E-state index in [2.05, 4.69) is 9.97 Å². The van der Waals surface area contributed by atoms with E-state index in [0.29, 0.717) is 11.6 Å². The molecular weight excluding hydrogens is 178 g/mol. The van der Waals surface area contributed by atoms with Gasteiger partial charge in [0.1, 0.15) is 11.4 Å². The molecule has 0 spiro atoms. The predicted octanol–water partition coefficient (Wildman–Crippen LogP) is 1.64. The van der Waals surface area contributed by atoms with Crippen LogP contribution in [0.5, 0.6) is 0 Å². The summed E-state index contributed by atoms with van der Waals surface area (Å²) in [5.41, 5.74) is 6.08. The summed E-state index contributed by atoms with van der Waals surface area (Å²) in [6.07, 6.45) is 0.812. The van der Waals surface area contributed by atoms with Crippen LogP contribution in [0.15, 0.2) is 6.07 Å². The van der Waals surface area contributed by atoms with Crippen LogP contribution >= 0.6 is 0 Å². The maximum absolute atomic E-state index is 5.66. The zero-order chi connectivity index (χ0) is 10.8. The standard InChI is InChI=1S/C10H17N3O/c1-5-10(3,14-4)9-12-7(2)6-8(11)13-9/h6H,5H2,1-4H3,(H2,11,12,13). The van der Waals surface area contributed by atoms with Crippen LogP contribution in [0, 0.1) is 6.92 Å². The number of methoxy groups -OCH3 is 1. The highest BCUT2D eigenvalue weighted by atomic mass is 16.5. The van der Waals surface area contributed by atoms with Crippen LogP contribution in [0.25, 0.3) is 0 Å². The Morgan fingerprint density at radius 2 is 2.14 bits per heavy atom. The number of ether oxygens (including phenoxy) is 1. The third kappa shape index (κ3) is 2.01. The summed E-state index contributed by atoms with van der Waals surface area (Å²) in [6.45, 7) is 5.89. The average molecular weight is 195 g/mol. The van der Waals surface area contributed by atoms with Crippen molar-refractivity contribution in [3.8, 4) is 0 Å². The molecule has 78 valence electrons. The first kappa shape index (κ1) is 10.9. The molecule has 4 nitrogen and oxygen atoms in total. The Bertz CT molecular complexity index is 301. The fourth-order valence-corrected chi connectivity index (χ4v) is 1.22. The molecule has 1 rings (SSSR count). The summed E-state index contributed by atoms with van der Waals surface area (Å²) >= 11 is 0. The molecule has 0 amide bonds. The molecule has 1 atom stereocenters. The topological polar surface area (TPSA) is 61.0 Å². The van der Waals surface area contributed by atoms with Crippen molar-refractivity contribution in [2.24, 2.45) is 0 Å². The zero-order valence-corrected chi connectivity index (χ0v) is 9.16. The number of nitrogens with two attached hydrogens (primary N) is 1. The molecule has 4 heteroatoms. The Labute approximate surface area is 84.5 Å². The second-order valence-electron chi connectivity index (χ2n) is 3.55. The van der Waals surface area contributed by atoms with Gasteiger partial charge in [-0.25, -0.2) is 9.97 Å². The molecular formula is C10H17N3O. The van der Waals surface area contributed by atoms with E-state index in [1.165, 1.54) is 0 Å². The largest absolute Gasteiger partial charge is 0.384 e. The van der Waals surface area contributed by atoms with Gasteiger partial charge in [-0.05, 0) is 20.3 Å². The smallest absolute Gasteiger partial charge is 0.162 e. The molecule has 0 radical (unpaired) electrons. The first-order chi connectivity index (χ1) is 6.51. The number of aromatic nitrogens is 2. The van der Waals surface area contributed by atoms with Gasteiger partial charge in [-0.2, -0.15) is 0 Å². The number of nitrogens with zero attached hydrogens (tertiary/aromatic N) is 2. The lowest BCUT2D eigenvalue weighted by Crippen LogP contribution is -2.26. The summed E-state index contributed by atoms with van der Waals surface area (Å²) in [4.78, 5) is 8.52. The van der Waals surface area contributed by atoms with Crippen LogP contribution < -0.4 is 5.73 Å². The Morgan fingerprint density at radius 3 is 2.57 bits per heavy atom. The van der Waals surface area contributed by atoms with E-state index in [4.69, 9.17) is 10.5 Å². The summed E-state index contributed by atoms with van der Waals surface area (Å²) < 4.78 is 5.40. The number of rotatable bonds is 3. The van der Waals surface area contributed by atoms with E-state index in [0.717, 1.165) is 12.1 Å². The van der Waals surface area contributed by atoms with Crippen LogP contribution in [0.3, 0.4) is 0 Å². The van der Waals surface area contributed by atoms with Crippen molar-refractivity contribution in [1.29, 1.82) is 0 Å². The van der Waals surface area contributed by atoms with Gasteiger partial charge in [-0.15, -0.1) is 0 Å². The molecule has 1 aromatic heterocycles. The summed E-state index contributed by atoms with van der Waals surface area (Å²) in [7, 11) is 1.66. The minimum absolute atomic E-state index is 0.444. The minimum atomic E-state index is -0.444. The normalized spacial score (nSPS) is 15.1. The maximum Gasteiger partial charge on any atom is 0.162 e. The van der Waals surface area contributed by atoms with Crippen LogP contribution in [0.4, 0.5) is 5.82 Å². The Morgan fingerprint density at radius 1 is 1.50 bits per heavy atom. The SMILES string of the molecule is CCC(C)(OC)c1nc(C)cc(N)n1. The third-order valence-electron chi connectivity index (χ3n) is 2.47. The minimum Gasteiger partial charge on any atom is -0.384 e. The fourth-order valence-electron chi connectivity index (χ4n) is 1.22. The monoisotopic (exact) mass is 195 g/mol. The van der Waals surface area contributed by atoms with Gasteiger partial charge in [-0.3, -0.25) is 0 Å². The van der Waals surface area contributed by atoms with Crippen molar-refractivity contribution in [2.45, 2.75) is 32.8 Å². The van der Waals surface area contributed by atoms with Gasteiger partial charge < -0.3 is 10.5 Å². The molecule has 1 heterocycles. The Hall–Kier alpha value is -1.16. The van der Waals surface area contributed by atoms with Gasteiger partial charge in [-0.1, -0.05) is 6.92 Å². The predicted molar refractivity (Wildman–Crippen MR) is 55.8 cm³/mol. The van der Waals surface area contributed by atoms with Crippen LogP contribution in [-0.2, 0) is 10.3 Å². The Balaban J connectivity index is 3.17. The van der Waals surface area contributed by atoms with Crippen molar-refractivity contribution in [2.75, 3.05) is 12.8 Å². The summed E-state index contributed by atoms with van der Waals surface area (Å²) in [5, 5.41) is 0. The molecule has 1 aromatic rings. The van der Waals surface area contributed by atoms with Crippen molar-refractivity contribution in [1.82, 2.24) is 9.97 Å². The molecule has 0 saturated carbocycles. The van der Waals surface area contributed by atoms with Crippen LogP contribution in [0.1, 0.15) is 31.8 Å².